The Bertz CT molecular complexity index is 1070. The summed E-state index contributed by atoms with van der Waals surface area (Å²) in [6.45, 7) is 0.797. The maximum absolute atomic E-state index is 2.44. The van der Waals surface area contributed by atoms with Crippen molar-refractivity contribution in [3.8, 4) is 0 Å². The number of hydrogen-bond acceptors (Lipinski definition) is 2. The molecule has 0 atom stereocenters. The highest BCUT2D eigenvalue weighted by molar-refractivity contribution is 6.37. The van der Waals surface area contributed by atoms with Crippen LogP contribution in [0, 0.1) is 0 Å². The lowest BCUT2D eigenvalue weighted by Crippen LogP contribution is -2.39. The molecular formula is C23H20B2N2. The van der Waals surface area contributed by atoms with Crippen molar-refractivity contribution in [3.63, 3.8) is 0 Å². The van der Waals surface area contributed by atoms with Crippen molar-refractivity contribution in [3.05, 3.63) is 84.9 Å². The number of para-hydroxylation sites is 2. The summed E-state index contributed by atoms with van der Waals surface area (Å²) in [5.74, 6) is 0. The maximum atomic E-state index is 2.44. The average molecular weight is 346 g/mol. The molecule has 27 heavy (non-hydrogen) atoms. The van der Waals surface area contributed by atoms with E-state index in [1.165, 1.54) is 44.4 Å². The zero-order valence-corrected chi connectivity index (χ0v) is 15.7. The van der Waals surface area contributed by atoms with Gasteiger partial charge < -0.3 is 9.80 Å². The first-order valence-corrected chi connectivity index (χ1v) is 9.42. The number of anilines is 4. The van der Waals surface area contributed by atoms with Crippen molar-refractivity contribution in [1.29, 1.82) is 0 Å². The molecule has 1 heterocycles. The Balaban J connectivity index is 1.81. The molecule has 0 radical (unpaired) electrons. The summed E-state index contributed by atoms with van der Waals surface area (Å²) in [5.41, 5.74) is 7.66. The number of rotatable bonds is 2. The van der Waals surface area contributed by atoms with Crippen molar-refractivity contribution >= 4 is 60.1 Å². The summed E-state index contributed by atoms with van der Waals surface area (Å²) in [6, 6.07) is 30.5. The SMILES string of the molecule is Bc1ccccc1N1CN(c2ccccc2B)c2cccc3cccc1c23. The van der Waals surface area contributed by atoms with E-state index in [1.807, 2.05) is 0 Å². The van der Waals surface area contributed by atoms with Crippen LogP contribution < -0.4 is 20.7 Å². The van der Waals surface area contributed by atoms with Crippen LogP contribution >= 0.6 is 0 Å². The van der Waals surface area contributed by atoms with Gasteiger partial charge in [-0.25, -0.2) is 0 Å². The van der Waals surface area contributed by atoms with E-state index in [-0.39, 0.29) is 0 Å². The van der Waals surface area contributed by atoms with Crippen molar-refractivity contribution in [2.45, 2.75) is 0 Å². The molecule has 0 saturated heterocycles. The van der Waals surface area contributed by atoms with E-state index in [9.17, 15) is 0 Å². The average Bonchev–Trinajstić information content (AvgIpc) is 2.70. The topological polar surface area (TPSA) is 6.48 Å². The summed E-state index contributed by atoms with van der Waals surface area (Å²) in [4.78, 5) is 4.88. The Morgan fingerprint density at radius 1 is 0.519 bits per heavy atom. The predicted molar refractivity (Wildman–Crippen MR) is 122 cm³/mol. The first kappa shape index (κ1) is 16.1. The molecule has 0 amide bonds. The predicted octanol–water partition coefficient (Wildman–Crippen LogP) is 2.60. The lowest BCUT2D eigenvalue weighted by Gasteiger charge is -2.40. The second-order valence-electron chi connectivity index (χ2n) is 7.22. The van der Waals surface area contributed by atoms with Gasteiger partial charge in [-0.1, -0.05) is 71.6 Å². The fraction of sp³-hybridized carbons (Fsp3) is 0.0435. The van der Waals surface area contributed by atoms with Crippen LogP contribution in [0.2, 0.25) is 0 Å². The Labute approximate surface area is 161 Å². The molecular weight excluding hydrogens is 326 g/mol. The quantitative estimate of drug-likeness (QED) is 0.515. The first-order valence-electron chi connectivity index (χ1n) is 9.42. The standard InChI is InChI=1S/C23H20B2N2/c24-17-9-1-3-11-19(17)26-15-27(20-12-4-2-10-18(20)25)22-14-6-8-16-7-5-13-21(26)23(16)22/h1-14H,15,24-25H2. The Kier molecular flexibility index (Phi) is 3.71. The Hall–Kier alpha value is -3.13. The van der Waals surface area contributed by atoms with Gasteiger partial charge in [-0.2, -0.15) is 0 Å². The molecule has 4 aromatic rings. The third kappa shape index (κ3) is 2.52. The third-order valence-corrected chi connectivity index (χ3v) is 5.54. The molecule has 0 aromatic heterocycles. The van der Waals surface area contributed by atoms with Gasteiger partial charge in [0, 0.05) is 16.8 Å². The van der Waals surface area contributed by atoms with Crippen LogP contribution in [0.25, 0.3) is 10.8 Å². The number of hydrogen-bond donors (Lipinski definition) is 0. The summed E-state index contributed by atoms with van der Waals surface area (Å²) in [6.07, 6.45) is 0. The molecule has 4 heteroatoms. The minimum absolute atomic E-state index is 0.797. The van der Waals surface area contributed by atoms with E-state index in [0.717, 1.165) is 6.67 Å². The molecule has 128 valence electrons. The second kappa shape index (κ2) is 6.24. The molecule has 4 aromatic carbocycles. The third-order valence-electron chi connectivity index (χ3n) is 5.54. The van der Waals surface area contributed by atoms with E-state index >= 15 is 0 Å². The molecule has 1 aliphatic rings. The minimum Gasteiger partial charge on any atom is -0.323 e. The molecule has 0 spiro atoms. The minimum atomic E-state index is 0.797. The molecule has 0 bridgehead atoms. The van der Waals surface area contributed by atoms with Crippen molar-refractivity contribution < 1.29 is 0 Å². The van der Waals surface area contributed by atoms with Crippen molar-refractivity contribution in [1.82, 2.24) is 0 Å². The summed E-state index contributed by atoms with van der Waals surface area (Å²) >= 11 is 0. The monoisotopic (exact) mass is 346 g/mol. The Morgan fingerprint density at radius 3 is 1.44 bits per heavy atom. The van der Waals surface area contributed by atoms with Crippen LogP contribution in [0.15, 0.2) is 84.9 Å². The van der Waals surface area contributed by atoms with E-state index in [0.29, 0.717) is 0 Å². The van der Waals surface area contributed by atoms with Gasteiger partial charge in [0.05, 0.1) is 18.0 Å². The molecule has 1 aliphatic heterocycles. The smallest absolute Gasteiger partial charge is 0.142 e. The summed E-state index contributed by atoms with van der Waals surface area (Å²) in [5, 5.41) is 2.60. The van der Waals surface area contributed by atoms with E-state index in [1.54, 1.807) is 0 Å². The zero-order chi connectivity index (χ0) is 18.4. The van der Waals surface area contributed by atoms with Gasteiger partial charge in [-0.15, -0.1) is 0 Å². The second-order valence-corrected chi connectivity index (χ2v) is 7.22. The highest BCUT2D eigenvalue weighted by Crippen LogP contribution is 2.44. The number of benzene rings is 4. The lowest BCUT2D eigenvalue weighted by molar-refractivity contribution is 0.922. The van der Waals surface area contributed by atoms with Crippen LogP contribution in [-0.4, -0.2) is 22.4 Å². The van der Waals surface area contributed by atoms with Crippen LogP contribution in [0.1, 0.15) is 0 Å². The maximum Gasteiger partial charge on any atom is 0.142 e. The van der Waals surface area contributed by atoms with Crippen LogP contribution in [0.4, 0.5) is 22.7 Å². The van der Waals surface area contributed by atoms with Gasteiger partial charge in [0.2, 0.25) is 0 Å². The van der Waals surface area contributed by atoms with Gasteiger partial charge >= 0.3 is 0 Å². The van der Waals surface area contributed by atoms with E-state index in [2.05, 4.69) is 110 Å². The van der Waals surface area contributed by atoms with Crippen molar-refractivity contribution in [2.75, 3.05) is 16.5 Å². The van der Waals surface area contributed by atoms with E-state index in [4.69, 9.17) is 0 Å². The first-order chi connectivity index (χ1) is 13.2. The molecule has 0 aliphatic carbocycles. The fourth-order valence-electron chi connectivity index (χ4n) is 4.19. The lowest BCUT2D eigenvalue weighted by atomic mass is 9.91. The van der Waals surface area contributed by atoms with Crippen LogP contribution in [0.3, 0.4) is 0 Å². The number of nitrogens with zero attached hydrogens (tertiary/aromatic N) is 2. The Morgan fingerprint density at radius 2 is 0.963 bits per heavy atom. The molecule has 0 N–H and O–H groups in total. The van der Waals surface area contributed by atoms with Crippen molar-refractivity contribution in [2.24, 2.45) is 0 Å². The summed E-state index contributed by atoms with van der Waals surface area (Å²) < 4.78 is 0. The molecule has 0 unspecified atom stereocenters. The van der Waals surface area contributed by atoms with Gasteiger partial charge in [-0.05, 0) is 29.7 Å². The molecule has 0 saturated carbocycles. The van der Waals surface area contributed by atoms with Gasteiger partial charge in [0.15, 0.2) is 0 Å². The van der Waals surface area contributed by atoms with Gasteiger partial charge in [0.1, 0.15) is 15.7 Å². The normalized spacial score (nSPS) is 13.2. The summed E-state index contributed by atoms with van der Waals surface area (Å²) in [7, 11) is 4.38. The highest BCUT2D eigenvalue weighted by atomic mass is 15.3. The zero-order valence-electron chi connectivity index (χ0n) is 15.7. The largest absolute Gasteiger partial charge is 0.323 e. The molecule has 0 fully saturated rings. The highest BCUT2D eigenvalue weighted by Gasteiger charge is 2.27. The van der Waals surface area contributed by atoms with Gasteiger partial charge in [-0.3, -0.25) is 0 Å². The molecule has 2 nitrogen and oxygen atoms in total. The van der Waals surface area contributed by atoms with Gasteiger partial charge in [0.25, 0.3) is 0 Å². The van der Waals surface area contributed by atoms with Crippen LogP contribution in [-0.2, 0) is 0 Å². The van der Waals surface area contributed by atoms with Crippen LogP contribution in [0.5, 0.6) is 0 Å². The fourth-order valence-corrected chi connectivity index (χ4v) is 4.19. The molecule has 5 rings (SSSR count). The van der Waals surface area contributed by atoms with E-state index < -0.39 is 0 Å².